The number of carbonyl (C=O) groups excluding carboxylic acids is 1. The number of ether oxygens (including phenoxy) is 1. The van der Waals surface area contributed by atoms with Gasteiger partial charge in [-0.2, -0.15) is 0 Å². The highest BCUT2D eigenvalue weighted by molar-refractivity contribution is 5.90. The number of rotatable bonds is 5. The molecule has 0 saturated carbocycles. The maximum absolute atomic E-state index is 12.2. The lowest BCUT2D eigenvalue weighted by Gasteiger charge is -2.08. The number of methoxy groups -OCH3 is 1. The molecule has 0 aliphatic heterocycles. The van der Waals surface area contributed by atoms with Crippen molar-refractivity contribution in [3.63, 3.8) is 0 Å². The molecule has 0 radical (unpaired) electrons. The number of carbonyl (C=O) groups is 1. The molecule has 0 spiro atoms. The Hall–Kier alpha value is -3.09. The van der Waals surface area contributed by atoms with Crippen molar-refractivity contribution in [3.8, 4) is 17.3 Å². The summed E-state index contributed by atoms with van der Waals surface area (Å²) >= 11 is 0. The Kier molecular flexibility index (Phi) is 4.09. The number of hydrogen-bond donors (Lipinski definition) is 1. The number of nitrogens with zero attached hydrogens (tertiary/aromatic N) is 3. The fourth-order valence-corrected chi connectivity index (χ4v) is 2.18. The van der Waals surface area contributed by atoms with Crippen LogP contribution in [0, 0.1) is 6.92 Å². The van der Waals surface area contributed by atoms with Gasteiger partial charge in [-0.1, -0.05) is 0 Å². The third kappa shape index (κ3) is 3.39. The van der Waals surface area contributed by atoms with Gasteiger partial charge in [0.1, 0.15) is 18.0 Å². The lowest BCUT2D eigenvalue weighted by atomic mass is 10.3. The van der Waals surface area contributed by atoms with E-state index in [0.717, 1.165) is 5.75 Å². The monoisotopic (exact) mass is 312 g/mol. The second kappa shape index (κ2) is 6.35. The maximum atomic E-state index is 12.2. The van der Waals surface area contributed by atoms with E-state index in [-0.39, 0.29) is 12.5 Å². The maximum Gasteiger partial charge on any atom is 0.264 e. The number of hydrogen-bond acceptors (Lipinski definition) is 5. The number of nitrogens with one attached hydrogen (secondary N) is 1. The highest BCUT2D eigenvalue weighted by Gasteiger charge is 2.13. The quantitative estimate of drug-likeness (QED) is 0.782. The number of aromatic nitrogens is 3. The van der Waals surface area contributed by atoms with E-state index in [1.54, 1.807) is 49.1 Å². The van der Waals surface area contributed by atoms with Crippen LogP contribution >= 0.6 is 0 Å². The van der Waals surface area contributed by atoms with Crippen LogP contribution < -0.4 is 10.1 Å². The average Bonchev–Trinajstić information content (AvgIpc) is 3.16. The Bertz CT molecular complexity index is 805. The second-order valence-corrected chi connectivity index (χ2v) is 4.92. The predicted octanol–water partition coefficient (Wildman–Crippen LogP) is 2.49. The Labute approximate surface area is 132 Å². The largest absolute Gasteiger partial charge is 0.497 e. The molecule has 1 amide bonds. The minimum Gasteiger partial charge on any atom is -0.497 e. The highest BCUT2D eigenvalue weighted by atomic mass is 16.5. The molecule has 0 unspecified atom stereocenters. The molecule has 118 valence electrons. The Morgan fingerprint density at radius 1 is 1.26 bits per heavy atom. The molecule has 2 heterocycles. The molecule has 3 aromatic rings. The second-order valence-electron chi connectivity index (χ2n) is 4.92. The van der Waals surface area contributed by atoms with Gasteiger partial charge in [-0.15, -0.1) is 10.2 Å². The molecule has 7 heteroatoms. The van der Waals surface area contributed by atoms with Gasteiger partial charge in [-0.3, -0.25) is 4.79 Å². The number of benzene rings is 1. The molecule has 0 atom stereocenters. The fourth-order valence-electron chi connectivity index (χ4n) is 2.18. The van der Waals surface area contributed by atoms with Crippen LogP contribution in [0.4, 0.5) is 5.69 Å². The zero-order valence-electron chi connectivity index (χ0n) is 12.8. The summed E-state index contributed by atoms with van der Waals surface area (Å²) < 4.78 is 12.2. The third-order valence-corrected chi connectivity index (χ3v) is 3.26. The average molecular weight is 312 g/mol. The number of anilines is 1. The molecule has 7 nitrogen and oxygen atoms in total. The van der Waals surface area contributed by atoms with Gasteiger partial charge in [-0.25, -0.2) is 0 Å². The Balaban J connectivity index is 1.69. The lowest BCUT2D eigenvalue weighted by Crippen LogP contribution is -2.18. The Morgan fingerprint density at radius 3 is 2.70 bits per heavy atom. The van der Waals surface area contributed by atoms with E-state index in [0.29, 0.717) is 23.2 Å². The molecule has 1 aromatic carbocycles. The highest BCUT2D eigenvalue weighted by Crippen LogP contribution is 2.19. The van der Waals surface area contributed by atoms with Crippen LogP contribution in [0.5, 0.6) is 5.75 Å². The van der Waals surface area contributed by atoms with Crippen LogP contribution in [0.2, 0.25) is 0 Å². The summed E-state index contributed by atoms with van der Waals surface area (Å²) in [5, 5.41) is 10.6. The van der Waals surface area contributed by atoms with Gasteiger partial charge in [-0.05, 0) is 36.4 Å². The summed E-state index contributed by atoms with van der Waals surface area (Å²) in [6, 6.07) is 10.8. The van der Waals surface area contributed by atoms with E-state index >= 15 is 0 Å². The first-order valence-electron chi connectivity index (χ1n) is 7.05. The fraction of sp³-hybridized carbons (Fsp3) is 0.188. The van der Waals surface area contributed by atoms with Crippen molar-refractivity contribution >= 4 is 11.6 Å². The molecular formula is C16H16N4O3. The van der Waals surface area contributed by atoms with E-state index < -0.39 is 0 Å². The van der Waals surface area contributed by atoms with Gasteiger partial charge < -0.3 is 19.0 Å². The molecular weight excluding hydrogens is 296 g/mol. The van der Waals surface area contributed by atoms with Crippen molar-refractivity contribution in [3.05, 3.63) is 48.5 Å². The van der Waals surface area contributed by atoms with Crippen LogP contribution in [-0.4, -0.2) is 27.8 Å². The summed E-state index contributed by atoms with van der Waals surface area (Å²) in [6.07, 6.45) is 1.79. The summed E-state index contributed by atoms with van der Waals surface area (Å²) in [4.78, 5) is 12.2. The number of aryl methyl sites for hydroxylation is 1. The molecule has 0 fully saturated rings. The summed E-state index contributed by atoms with van der Waals surface area (Å²) in [5.41, 5.74) is 1.41. The molecule has 0 saturated heterocycles. The summed E-state index contributed by atoms with van der Waals surface area (Å²) in [7, 11) is 1.60. The lowest BCUT2D eigenvalue weighted by molar-refractivity contribution is -0.116. The Morgan fingerprint density at radius 2 is 2.04 bits per heavy atom. The van der Waals surface area contributed by atoms with Crippen molar-refractivity contribution in [2.24, 2.45) is 0 Å². The van der Waals surface area contributed by atoms with Crippen LogP contribution in [-0.2, 0) is 11.3 Å². The summed E-state index contributed by atoms with van der Waals surface area (Å²) in [5.74, 6) is 1.46. The molecule has 3 rings (SSSR count). The third-order valence-electron chi connectivity index (χ3n) is 3.26. The minimum absolute atomic E-state index is 0.149. The van der Waals surface area contributed by atoms with Crippen molar-refractivity contribution in [1.29, 1.82) is 0 Å². The predicted molar refractivity (Wildman–Crippen MR) is 84.1 cm³/mol. The zero-order chi connectivity index (χ0) is 16.2. The van der Waals surface area contributed by atoms with Crippen LogP contribution in [0.25, 0.3) is 11.6 Å². The van der Waals surface area contributed by atoms with Gasteiger partial charge in [0.25, 0.3) is 5.89 Å². The molecule has 23 heavy (non-hydrogen) atoms. The van der Waals surface area contributed by atoms with Crippen molar-refractivity contribution in [1.82, 2.24) is 14.8 Å². The first-order chi connectivity index (χ1) is 11.2. The van der Waals surface area contributed by atoms with Crippen molar-refractivity contribution in [2.45, 2.75) is 13.5 Å². The topological polar surface area (TPSA) is 82.2 Å². The molecule has 0 aliphatic carbocycles. The first kappa shape index (κ1) is 14.8. The molecule has 2 aromatic heterocycles. The minimum atomic E-state index is -0.149. The van der Waals surface area contributed by atoms with E-state index in [1.165, 1.54) is 0 Å². The SMILES string of the molecule is COc1ccc(NC(=O)Cn2cccc2-c2nnc(C)o2)cc1. The van der Waals surface area contributed by atoms with E-state index in [2.05, 4.69) is 15.5 Å². The first-order valence-corrected chi connectivity index (χ1v) is 7.05. The molecule has 1 N–H and O–H groups in total. The molecule has 0 bridgehead atoms. The van der Waals surface area contributed by atoms with Gasteiger partial charge in [0.15, 0.2) is 0 Å². The van der Waals surface area contributed by atoms with Crippen LogP contribution in [0.3, 0.4) is 0 Å². The number of amides is 1. The van der Waals surface area contributed by atoms with Crippen molar-refractivity contribution < 1.29 is 13.9 Å². The van der Waals surface area contributed by atoms with Gasteiger partial charge >= 0.3 is 0 Å². The van der Waals surface area contributed by atoms with Crippen LogP contribution in [0.1, 0.15) is 5.89 Å². The van der Waals surface area contributed by atoms with Gasteiger partial charge in [0, 0.05) is 18.8 Å². The van der Waals surface area contributed by atoms with E-state index in [1.807, 2.05) is 12.1 Å². The summed E-state index contributed by atoms with van der Waals surface area (Å²) in [6.45, 7) is 1.87. The standard InChI is InChI=1S/C16H16N4O3/c1-11-18-19-16(23-11)14-4-3-9-20(14)10-15(21)17-12-5-7-13(22-2)8-6-12/h3-9H,10H2,1-2H3,(H,17,21). The van der Waals surface area contributed by atoms with Gasteiger partial charge in [0.2, 0.25) is 11.8 Å². The van der Waals surface area contributed by atoms with E-state index in [4.69, 9.17) is 9.15 Å². The normalized spacial score (nSPS) is 10.5. The molecule has 0 aliphatic rings. The zero-order valence-corrected chi connectivity index (χ0v) is 12.8. The van der Waals surface area contributed by atoms with Gasteiger partial charge in [0.05, 0.1) is 7.11 Å². The van der Waals surface area contributed by atoms with Crippen LogP contribution in [0.15, 0.2) is 47.0 Å². The van der Waals surface area contributed by atoms with E-state index in [9.17, 15) is 4.79 Å². The smallest absolute Gasteiger partial charge is 0.264 e. The van der Waals surface area contributed by atoms with Crippen molar-refractivity contribution in [2.75, 3.05) is 12.4 Å².